The third kappa shape index (κ3) is 7.10. The molecule has 0 heterocycles. The van der Waals surface area contributed by atoms with Gasteiger partial charge in [0, 0.05) is 5.71 Å². The van der Waals surface area contributed by atoms with Gasteiger partial charge in [0.1, 0.15) is 5.75 Å². The van der Waals surface area contributed by atoms with Crippen molar-refractivity contribution >= 4 is 17.6 Å². The zero-order valence-electron chi connectivity index (χ0n) is 12.5. The molecule has 114 valence electrons. The van der Waals surface area contributed by atoms with Gasteiger partial charge in [0.2, 0.25) is 0 Å². The Balaban J connectivity index is 2.33. The van der Waals surface area contributed by atoms with Gasteiger partial charge in [-0.15, -0.1) is 0 Å². The average Bonchev–Trinajstić information content (AvgIpc) is 2.44. The summed E-state index contributed by atoms with van der Waals surface area (Å²) in [5.41, 5.74) is 3.91. The second-order valence-electron chi connectivity index (χ2n) is 4.47. The maximum atomic E-state index is 11.5. The predicted octanol–water partition coefficient (Wildman–Crippen LogP) is 1.82. The molecule has 1 N–H and O–H groups in total. The van der Waals surface area contributed by atoms with Gasteiger partial charge >= 0.3 is 5.97 Å². The number of esters is 1. The molecule has 1 aromatic carbocycles. The highest BCUT2D eigenvalue weighted by molar-refractivity contribution is 5.98. The van der Waals surface area contributed by atoms with E-state index in [0.29, 0.717) is 18.1 Å². The van der Waals surface area contributed by atoms with E-state index >= 15 is 0 Å². The van der Waals surface area contributed by atoms with Gasteiger partial charge in [0.15, 0.2) is 6.61 Å². The Kier molecular flexibility index (Phi) is 6.94. The van der Waals surface area contributed by atoms with E-state index in [-0.39, 0.29) is 19.0 Å². The van der Waals surface area contributed by atoms with Gasteiger partial charge in [-0.3, -0.25) is 9.59 Å². The minimum absolute atomic E-state index is 0.0486. The normalized spacial score (nSPS) is 10.9. The van der Waals surface area contributed by atoms with Crippen LogP contribution in [0.5, 0.6) is 5.75 Å². The molecule has 1 rings (SSSR count). The van der Waals surface area contributed by atoms with Crippen LogP contribution in [0.25, 0.3) is 0 Å². The highest BCUT2D eigenvalue weighted by atomic mass is 16.5. The average molecular weight is 292 g/mol. The first-order valence-corrected chi connectivity index (χ1v) is 6.68. The third-order valence-electron chi connectivity index (χ3n) is 2.47. The Labute approximate surface area is 124 Å². The number of carbonyl (C=O) groups excluding carboxylic acids is 2. The van der Waals surface area contributed by atoms with Crippen LogP contribution in [0.15, 0.2) is 29.4 Å². The third-order valence-corrected chi connectivity index (χ3v) is 2.47. The summed E-state index contributed by atoms with van der Waals surface area (Å²) >= 11 is 0. The molecule has 0 fully saturated rings. The molecular weight excluding hydrogens is 272 g/mol. The van der Waals surface area contributed by atoms with E-state index in [2.05, 4.69) is 10.5 Å². The Morgan fingerprint density at radius 2 is 1.90 bits per heavy atom. The summed E-state index contributed by atoms with van der Waals surface area (Å²) in [5.74, 6) is -0.148. The summed E-state index contributed by atoms with van der Waals surface area (Å²) in [7, 11) is 0. The van der Waals surface area contributed by atoms with E-state index in [1.807, 2.05) is 19.1 Å². The highest BCUT2D eigenvalue weighted by Gasteiger charge is 2.05. The van der Waals surface area contributed by atoms with Crippen molar-refractivity contribution < 1.29 is 19.1 Å². The van der Waals surface area contributed by atoms with Crippen molar-refractivity contribution in [3.8, 4) is 5.75 Å². The smallest absolute Gasteiger partial charge is 0.311 e. The molecule has 0 aromatic heterocycles. The van der Waals surface area contributed by atoms with Crippen LogP contribution in [-0.2, 0) is 14.3 Å². The van der Waals surface area contributed by atoms with Crippen molar-refractivity contribution in [2.24, 2.45) is 5.10 Å². The van der Waals surface area contributed by atoms with Gasteiger partial charge in [0.05, 0.1) is 13.0 Å². The van der Waals surface area contributed by atoms with Gasteiger partial charge in [-0.05, 0) is 32.9 Å². The van der Waals surface area contributed by atoms with E-state index in [1.54, 1.807) is 26.0 Å². The largest absolute Gasteiger partial charge is 0.484 e. The van der Waals surface area contributed by atoms with E-state index in [0.717, 1.165) is 5.56 Å². The quantitative estimate of drug-likeness (QED) is 0.472. The number of aryl methyl sites for hydroxylation is 1. The lowest BCUT2D eigenvalue weighted by Crippen LogP contribution is -2.26. The summed E-state index contributed by atoms with van der Waals surface area (Å²) < 4.78 is 10.1. The molecule has 6 heteroatoms. The van der Waals surface area contributed by atoms with Crippen molar-refractivity contribution in [3.05, 3.63) is 29.8 Å². The number of benzene rings is 1. The molecule has 1 amide bonds. The Hall–Kier alpha value is -2.37. The lowest BCUT2D eigenvalue weighted by Gasteiger charge is -2.06. The zero-order chi connectivity index (χ0) is 15.7. The molecule has 0 spiro atoms. The van der Waals surface area contributed by atoms with Crippen LogP contribution in [-0.4, -0.2) is 30.8 Å². The molecular formula is C15H20N2O4. The number of hydrogen-bond acceptors (Lipinski definition) is 5. The predicted molar refractivity (Wildman–Crippen MR) is 79.2 cm³/mol. The summed E-state index contributed by atoms with van der Waals surface area (Å²) in [6.07, 6.45) is 0.0486. The van der Waals surface area contributed by atoms with Crippen LogP contribution in [0.4, 0.5) is 0 Å². The molecule has 0 aliphatic carbocycles. The Morgan fingerprint density at radius 3 is 2.52 bits per heavy atom. The number of hydrazone groups is 1. The SMILES string of the molecule is CCOC(=O)C/C(C)=N/NC(=O)COc1ccc(C)cc1. The van der Waals surface area contributed by atoms with Crippen LogP contribution in [0.1, 0.15) is 25.8 Å². The lowest BCUT2D eigenvalue weighted by atomic mass is 10.2. The standard InChI is InChI=1S/C15H20N2O4/c1-4-20-15(19)9-12(3)16-17-14(18)10-21-13-7-5-11(2)6-8-13/h5-8H,4,9-10H2,1-3H3,(H,17,18)/b16-12+. The number of amides is 1. The number of carbonyl (C=O) groups is 2. The Morgan fingerprint density at radius 1 is 1.24 bits per heavy atom. The van der Waals surface area contributed by atoms with Crippen LogP contribution in [0.3, 0.4) is 0 Å². The molecule has 0 atom stereocenters. The Bertz CT molecular complexity index is 509. The molecule has 21 heavy (non-hydrogen) atoms. The van der Waals surface area contributed by atoms with Crippen LogP contribution in [0.2, 0.25) is 0 Å². The van der Waals surface area contributed by atoms with Crippen molar-refractivity contribution in [2.75, 3.05) is 13.2 Å². The number of rotatable bonds is 7. The molecule has 0 saturated heterocycles. The van der Waals surface area contributed by atoms with Crippen molar-refractivity contribution in [2.45, 2.75) is 27.2 Å². The maximum Gasteiger partial charge on any atom is 0.311 e. The monoisotopic (exact) mass is 292 g/mol. The number of hydrogen-bond donors (Lipinski definition) is 1. The van der Waals surface area contributed by atoms with Crippen LogP contribution < -0.4 is 10.2 Å². The van der Waals surface area contributed by atoms with Crippen molar-refractivity contribution in [3.63, 3.8) is 0 Å². The lowest BCUT2D eigenvalue weighted by molar-refractivity contribution is -0.141. The fraction of sp³-hybridized carbons (Fsp3) is 0.400. The molecule has 0 saturated carbocycles. The van der Waals surface area contributed by atoms with Gasteiger partial charge in [0.25, 0.3) is 5.91 Å². The van der Waals surface area contributed by atoms with Crippen LogP contribution >= 0.6 is 0 Å². The van der Waals surface area contributed by atoms with Gasteiger partial charge in [-0.2, -0.15) is 5.10 Å². The van der Waals surface area contributed by atoms with Crippen molar-refractivity contribution in [1.82, 2.24) is 5.43 Å². The van der Waals surface area contributed by atoms with E-state index < -0.39 is 5.91 Å². The minimum atomic E-state index is -0.390. The topological polar surface area (TPSA) is 77.0 Å². The molecule has 6 nitrogen and oxygen atoms in total. The molecule has 0 unspecified atom stereocenters. The minimum Gasteiger partial charge on any atom is -0.484 e. The first-order chi connectivity index (χ1) is 10.0. The first kappa shape index (κ1) is 16.7. The van der Waals surface area contributed by atoms with Gasteiger partial charge < -0.3 is 9.47 Å². The number of ether oxygens (including phenoxy) is 2. The zero-order valence-corrected chi connectivity index (χ0v) is 12.5. The summed E-state index contributed by atoms with van der Waals surface area (Å²) in [5, 5.41) is 3.81. The summed E-state index contributed by atoms with van der Waals surface area (Å²) in [6.45, 7) is 5.52. The molecule has 0 bridgehead atoms. The molecule has 0 radical (unpaired) electrons. The van der Waals surface area contributed by atoms with E-state index in [4.69, 9.17) is 9.47 Å². The fourth-order valence-corrected chi connectivity index (χ4v) is 1.43. The van der Waals surface area contributed by atoms with Gasteiger partial charge in [-0.1, -0.05) is 17.7 Å². The highest BCUT2D eigenvalue weighted by Crippen LogP contribution is 2.10. The molecule has 0 aliphatic rings. The van der Waals surface area contributed by atoms with Gasteiger partial charge in [-0.25, -0.2) is 5.43 Å². The number of nitrogens with one attached hydrogen (secondary N) is 1. The fourth-order valence-electron chi connectivity index (χ4n) is 1.43. The second kappa shape index (κ2) is 8.73. The van der Waals surface area contributed by atoms with Crippen LogP contribution in [0, 0.1) is 6.92 Å². The molecule has 1 aromatic rings. The first-order valence-electron chi connectivity index (χ1n) is 6.68. The summed E-state index contributed by atoms with van der Waals surface area (Å²) in [6, 6.07) is 7.37. The summed E-state index contributed by atoms with van der Waals surface area (Å²) in [4.78, 5) is 22.7. The molecule has 0 aliphatic heterocycles. The number of nitrogens with zero attached hydrogens (tertiary/aromatic N) is 1. The second-order valence-corrected chi connectivity index (χ2v) is 4.47. The van der Waals surface area contributed by atoms with Crippen molar-refractivity contribution in [1.29, 1.82) is 0 Å². The van der Waals surface area contributed by atoms with E-state index in [9.17, 15) is 9.59 Å². The maximum absolute atomic E-state index is 11.5. The van der Waals surface area contributed by atoms with E-state index in [1.165, 1.54) is 0 Å².